The van der Waals surface area contributed by atoms with Crippen molar-refractivity contribution in [2.45, 2.75) is 18.7 Å². The number of hydrogen-bond donors (Lipinski definition) is 1. The predicted octanol–water partition coefficient (Wildman–Crippen LogP) is 0.752. The Bertz CT molecular complexity index is 509. The lowest BCUT2D eigenvalue weighted by molar-refractivity contribution is -0.121. The molecule has 0 saturated heterocycles. The highest BCUT2D eigenvalue weighted by Crippen LogP contribution is 2.14. The second-order valence-corrected chi connectivity index (χ2v) is 6.07. The molecule has 0 atom stereocenters. The van der Waals surface area contributed by atoms with Crippen LogP contribution in [0.15, 0.2) is 29.2 Å². The zero-order valence-electron chi connectivity index (χ0n) is 10.8. The molecule has 1 N–H and O–H groups in total. The third kappa shape index (κ3) is 3.54. The first-order chi connectivity index (χ1) is 8.37. The van der Waals surface area contributed by atoms with Gasteiger partial charge >= 0.3 is 0 Å². The molecule has 1 aromatic carbocycles. The molecular weight excluding hydrogens is 252 g/mol. The van der Waals surface area contributed by atoms with Crippen molar-refractivity contribution in [2.24, 2.45) is 0 Å². The van der Waals surface area contributed by atoms with E-state index in [4.69, 9.17) is 0 Å². The van der Waals surface area contributed by atoms with Gasteiger partial charge in [-0.2, -0.15) is 4.31 Å². The summed E-state index contributed by atoms with van der Waals surface area (Å²) >= 11 is 0. The lowest BCUT2D eigenvalue weighted by atomic mass is 10.2. The Kier molecular flexibility index (Phi) is 4.86. The number of nitrogens with one attached hydrogen (secondary N) is 1. The fourth-order valence-corrected chi connectivity index (χ4v) is 2.56. The Labute approximate surface area is 108 Å². The fraction of sp³-hybridized carbons (Fsp3) is 0.417. The van der Waals surface area contributed by atoms with Gasteiger partial charge in [0.2, 0.25) is 15.9 Å². The maximum absolute atomic E-state index is 12.1. The topological polar surface area (TPSA) is 66.5 Å². The van der Waals surface area contributed by atoms with Crippen LogP contribution in [0.1, 0.15) is 12.5 Å². The van der Waals surface area contributed by atoms with Crippen LogP contribution in [0.2, 0.25) is 0 Å². The number of amides is 1. The van der Waals surface area contributed by atoms with E-state index in [0.29, 0.717) is 6.54 Å². The number of nitrogens with zero attached hydrogens (tertiary/aromatic N) is 1. The predicted molar refractivity (Wildman–Crippen MR) is 69.7 cm³/mol. The zero-order valence-corrected chi connectivity index (χ0v) is 11.6. The van der Waals surface area contributed by atoms with Crippen LogP contribution in [0, 0.1) is 6.92 Å². The lowest BCUT2D eigenvalue weighted by Crippen LogP contribution is -2.38. The smallest absolute Gasteiger partial charge is 0.243 e. The number of carbonyl (C=O) groups is 1. The second kappa shape index (κ2) is 5.97. The second-order valence-electron chi connectivity index (χ2n) is 4.03. The molecule has 5 nitrogen and oxygen atoms in total. The SMILES string of the molecule is CCNC(=O)CN(C)S(=O)(=O)c1ccc(C)cc1. The first kappa shape index (κ1) is 14.7. The van der Waals surface area contributed by atoms with Crippen LogP contribution in [0.3, 0.4) is 0 Å². The summed E-state index contributed by atoms with van der Waals surface area (Å²) in [6.07, 6.45) is 0. The zero-order chi connectivity index (χ0) is 13.8. The molecule has 0 fully saturated rings. The van der Waals surface area contributed by atoms with E-state index < -0.39 is 10.0 Å². The third-order valence-electron chi connectivity index (χ3n) is 2.47. The summed E-state index contributed by atoms with van der Waals surface area (Å²) < 4.78 is 25.3. The van der Waals surface area contributed by atoms with Crippen molar-refractivity contribution in [1.82, 2.24) is 9.62 Å². The highest BCUT2D eigenvalue weighted by atomic mass is 32.2. The van der Waals surface area contributed by atoms with Gasteiger partial charge in [0, 0.05) is 13.6 Å². The molecule has 0 aliphatic carbocycles. The van der Waals surface area contributed by atoms with E-state index in [2.05, 4.69) is 5.32 Å². The summed E-state index contributed by atoms with van der Waals surface area (Å²) in [7, 11) is -2.20. The molecule has 1 aromatic rings. The van der Waals surface area contributed by atoms with E-state index in [1.165, 1.54) is 7.05 Å². The van der Waals surface area contributed by atoms with Crippen LogP contribution in [0.5, 0.6) is 0 Å². The molecule has 18 heavy (non-hydrogen) atoms. The lowest BCUT2D eigenvalue weighted by Gasteiger charge is -2.16. The quantitative estimate of drug-likeness (QED) is 0.858. The van der Waals surface area contributed by atoms with E-state index in [0.717, 1.165) is 9.87 Å². The van der Waals surface area contributed by atoms with Crippen molar-refractivity contribution in [3.05, 3.63) is 29.8 Å². The number of aryl methyl sites for hydroxylation is 1. The van der Waals surface area contributed by atoms with E-state index in [-0.39, 0.29) is 17.3 Å². The highest BCUT2D eigenvalue weighted by molar-refractivity contribution is 7.89. The number of benzene rings is 1. The Morgan fingerprint density at radius 3 is 2.33 bits per heavy atom. The minimum absolute atomic E-state index is 0.177. The maximum atomic E-state index is 12.1. The van der Waals surface area contributed by atoms with Crippen LogP contribution in [-0.2, 0) is 14.8 Å². The molecule has 100 valence electrons. The largest absolute Gasteiger partial charge is 0.355 e. The van der Waals surface area contributed by atoms with Crippen LogP contribution in [-0.4, -0.2) is 38.8 Å². The number of carbonyl (C=O) groups excluding carboxylic acids is 1. The van der Waals surface area contributed by atoms with Crippen LogP contribution in [0.25, 0.3) is 0 Å². The molecular formula is C12H18N2O3S. The standard InChI is InChI=1S/C12H18N2O3S/c1-4-13-12(15)9-14(3)18(16,17)11-7-5-10(2)6-8-11/h5-8H,4,9H2,1-3H3,(H,13,15). The van der Waals surface area contributed by atoms with Gasteiger partial charge in [-0.05, 0) is 26.0 Å². The van der Waals surface area contributed by atoms with Crippen molar-refractivity contribution < 1.29 is 13.2 Å². The molecule has 0 aliphatic rings. The molecule has 0 unspecified atom stereocenters. The van der Waals surface area contributed by atoms with Gasteiger partial charge in [0.15, 0.2) is 0 Å². The molecule has 0 aliphatic heterocycles. The average Bonchev–Trinajstić information content (AvgIpc) is 2.29. The number of likely N-dealkylation sites (N-methyl/N-ethyl adjacent to an activating group) is 2. The van der Waals surface area contributed by atoms with Crippen LogP contribution >= 0.6 is 0 Å². The summed E-state index contributed by atoms with van der Waals surface area (Å²) in [6.45, 7) is 3.97. The van der Waals surface area contributed by atoms with Crippen LogP contribution < -0.4 is 5.32 Å². The Balaban J connectivity index is 2.86. The van der Waals surface area contributed by atoms with Gasteiger partial charge in [-0.1, -0.05) is 17.7 Å². The van der Waals surface area contributed by atoms with E-state index in [9.17, 15) is 13.2 Å². The fourth-order valence-electron chi connectivity index (χ4n) is 1.43. The van der Waals surface area contributed by atoms with Gasteiger partial charge in [-0.25, -0.2) is 8.42 Å². The molecule has 1 rings (SSSR count). The first-order valence-electron chi connectivity index (χ1n) is 5.67. The normalized spacial score (nSPS) is 11.6. The van der Waals surface area contributed by atoms with Crippen molar-refractivity contribution in [1.29, 1.82) is 0 Å². The van der Waals surface area contributed by atoms with Crippen LogP contribution in [0.4, 0.5) is 0 Å². The summed E-state index contributed by atoms with van der Waals surface area (Å²) in [5.41, 5.74) is 0.986. The highest BCUT2D eigenvalue weighted by Gasteiger charge is 2.22. The molecule has 0 saturated carbocycles. The van der Waals surface area contributed by atoms with Gasteiger partial charge in [-0.15, -0.1) is 0 Å². The average molecular weight is 270 g/mol. The van der Waals surface area contributed by atoms with Crippen molar-refractivity contribution in [3.63, 3.8) is 0 Å². The molecule has 1 amide bonds. The number of hydrogen-bond acceptors (Lipinski definition) is 3. The summed E-state index contributed by atoms with van der Waals surface area (Å²) in [5.74, 6) is -0.310. The minimum Gasteiger partial charge on any atom is -0.355 e. The van der Waals surface area contributed by atoms with Gasteiger partial charge in [0.05, 0.1) is 11.4 Å². The van der Waals surface area contributed by atoms with E-state index in [1.54, 1.807) is 31.2 Å². The maximum Gasteiger partial charge on any atom is 0.243 e. The van der Waals surface area contributed by atoms with E-state index >= 15 is 0 Å². The molecule has 0 aromatic heterocycles. The third-order valence-corrected chi connectivity index (χ3v) is 4.29. The summed E-state index contributed by atoms with van der Waals surface area (Å²) in [4.78, 5) is 11.6. The molecule has 0 bridgehead atoms. The molecule has 0 heterocycles. The van der Waals surface area contributed by atoms with Gasteiger partial charge < -0.3 is 5.32 Å². The van der Waals surface area contributed by atoms with Gasteiger partial charge in [0.1, 0.15) is 0 Å². The van der Waals surface area contributed by atoms with Crippen molar-refractivity contribution >= 4 is 15.9 Å². The number of rotatable bonds is 5. The molecule has 0 radical (unpaired) electrons. The monoisotopic (exact) mass is 270 g/mol. The molecule has 0 spiro atoms. The van der Waals surface area contributed by atoms with Crippen molar-refractivity contribution in [2.75, 3.05) is 20.1 Å². The first-order valence-corrected chi connectivity index (χ1v) is 7.11. The van der Waals surface area contributed by atoms with Gasteiger partial charge in [-0.3, -0.25) is 4.79 Å². The number of sulfonamides is 1. The van der Waals surface area contributed by atoms with Gasteiger partial charge in [0.25, 0.3) is 0 Å². The summed E-state index contributed by atoms with van der Waals surface area (Å²) in [6, 6.07) is 6.54. The summed E-state index contributed by atoms with van der Waals surface area (Å²) in [5, 5.41) is 2.56. The Morgan fingerprint density at radius 1 is 1.28 bits per heavy atom. The van der Waals surface area contributed by atoms with Crippen molar-refractivity contribution in [3.8, 4) is 0 Å². The Hall–Kier alpha value is -1.40. The minimum atomic E-state index is -3.60. The molecule has 6 heteroatoms. The van der Waals surface area contributed by atoms with E-state index in [1.807, 2.05) is 6.92 Å². The Morgan fingerprint density at radius 2 is 1.83 bits per heavy atom.